The maximum Gasteiger partial charge on any atom is 0.335 e. The number of carboxylic acid groups (broad SMARTS) is 1. The fraction of sp³-hybridized carbons (Fsp3) is 0.207. The third-order valence-corrected chi connectivity index (χ3v) is 7.68. The van der Waals surface area contributed by atoms with Crippen molar-refractivity contribution in [2.75, 3.05) is 6.61 Å². The van der Waals surface area contributed by atoms with Crippen LogP contribution in [-0.4, -0.2) is 43.3 Å². The van der Waals surface area contributed by atoms with E-state index in [0.717, 1.165) is 24.6 Å². The zero-order valence-electron chi connectivity index (χ0n) is 21.7. The first-order chi connectivity index (χ1) is 20.3. The van der Waals surface area contributed by atoms with Crippen LogP contribution in [0.1, 0.15) is 38.1 Å². The van der Waals surface area contributed by atoms with Crippen LogP contribution in [0, 0.1) is 28.8 Å². The maximum absolute atomic E-state index is 15.4. The zero-order valence-corrected chi connectivity index (χ0v) is 22.5. The number of fused-ring (bicyclic) bond motifs is 1. The first kappa shape index (κ1) is 27.4. The van der Waals surface area contributed by atoms with E-state index in [1.54, 1.807) is 16.7 Å². The van der Waals surface area contributed by atoms with Crippen molar-refractivity contribution < 1.29 is 32.5 Å². The number of thiazole rings is 1. The van der Waals surface area contributed by atoms with Crippen LogP contribution in [0.15, 0.2) is 48.7 Å². The predicted molar refractivity (Wildman–Crippen MR) is 145 cm³/mol. The number of hydrogen-bond donors (Lipinski definition) is 1. The van der Waals surface area contributed by atoms with Crippen LogP contribution in [0.5, 0.6) is 5.88 Å². The third kappa shape index (κ3) is 5.41. The molecule has 9 nitrogen and oxygen atoms in total. The van der Waals surface area contributed by atoms with Gasteiger partial charge in [0, 0.05) is 24.7 Å². The van der Waals surface area contributed by atoms with E-state index in [1.807, 2.05) is 6.07 Å². The minimum atomic E-state index is -1.30. The Kier molecular flexibility index (Phi) is 7.32. The second kappa shape index (κ2) is 11.2. The number of aromatic carboxylic acids is 1. The Morgan fingerprint density at radius 3 is 2.71 bits per heavy atom. The van der Waals surface area contributed by atoms with Crippen LogP contribution in [0.2, 0.25) is 0 Å². The quantitative estimate of drug-likeness (QED) is 0.238. The molecule has 13 heteroatoms. The SMILES string of the molecule is N#Cc1cnc(COc2cccc(-c3cc(F)c(Cc4nc5c(F)cc(C(=O)O)cc5n4C[C@@H]4CCO4)cc3F)n2)s1. The van der Waals surface area contributed by atoms with Gasteiger partial charge in [0.15, 0.2) is 5.82 Å². The molecule has 0 radical (unpaired) electrons. The number of carboxylic acids is 1. The summed E-state index contributed by atoms with van der Waals surface area (Å²) in [4.78, 5) is 24.7. The van der Waals surface area contributed by atoms with Crippen molar-refractivity contribution in [2.24, 2.45) is 0 Å². The fourth-order valence-electron chi connectivity index (χ4n) is 4.62. The smallest absolute Gasteiger partial charge is 0.335 e. The second-order valence-corrected chi connectivity index (χ2v) is 10.6. The van der Waals surface area contributed by atoms with E-state index in [2.05, 4.69) is 15.0 Å². The van der Waals surface area contributed by atoms with Gasteiger partial charge in [0.1, 0.15) is 45.5 Å². The van der Waals surface area contributed by atoms with E-state index in [0.29, 0.717) is 16.5 Å². The van der Waals surface area contributed by atoms with Gasteiger partial charge in [0.05, 0.1) is 35.6 Å². The third-order valence-electron chi connectivity index (χ3n) is 6.80. The molecule has 0 aliphatic carbocycles. The van der Waals surface area contributed by atoms with Gasteiger partial charge in [-0.15, -0.1) is 11.3 Å². The molecule has 4 heterocycles. The molecular weight excluding hydrogens is 571 g/mol. The second-order valence-electron chi connectivity index (χ2n) is 9.53. The molecule has 0 saturated carbocycles. The molecule has 1 aliphatic heterocycles. The van der Waals surface area contributed by atoms with E-state index >= 15 is 8.78 Å². The Morgan fingerprint density at radius 2 is 2.00 bits per heavy atom. The van der Waals surface area contributed by atoms with Gasteiger partial charge in [0.25, 0.3) is 0 Å². The van der Waals surface area contributed by atoms with Crippen molar-refractivity contribution in [2.45, 2.75) is 32.1 Å². The summed E-state index contributed by atoms with van der Waals surface area (Å²) in [6, 6.07) is 10.9. The average Bonchev–Trinajstić information content (AvgIpc) is 3.56. The van der Waals surface area contributed by atoms with E-state index in [4.69, 9.17) is 14.7 Å². The largest absolute Gasteiger partial charge is 0.478 e. The molecule has 1 aliphatic rings. The summed E-state index contributed by atoms with van der Waals surface area (Å²) in [6.45, 7) is 0.877. The number of nitriles is 1. The number of benzene rings is 2. The topological polar surface area (TPSA) is 123 Å². The van der Waals surface area contributed by atoms with Crippen LogP contribution in [-0.2, 0) is 24.3 Å². The number of halogens is 3. The summed E-state index contributed by atoms with van der Waals surface area (Å²) >= 11 is 1.18. The molecule has 212 valence electrons. The van der Waals surface area contributed by atoms with Crippen molar-refractivity contribution >= 4 is 28.3 Å². The van der Waals surface area contributed by atoms with Crippen molar-refractivity contribution in [3.05, 3.63) is 92.9 Å². The van der Waals surface area contributed by atoms with E-state index < -0.39 is 23.4 Å². The zero-order chi connectivity index (χ0) is 29.4. The van der Waals surface area contributed by atoms with Crippen LogP contribution < -0.4 is 4.74 Å². The van der Waals surface area contributed by atoms with Gasteiger partial charge in [-0.1, -0.05) is 6.07 Å². The van der Waals surface area contributed by atoms with Gasteiger partial charge in [-0.3, -0.25) is 0 Å². The van der Waals surface area contributed by atoms with Gasteiger partial charge in [-0.25, -0.2) is 32.9 Å². The molecule has 42 heavy (non-hydrogen) atoms. The van der Waals surface area contributed by atoms with Crippen molar-refractivity contribution in [3.8, 4) is 23.2 Å². The lowest BCUT2D eigenvalue weighted by molar-refractivity contribution is -0.0589. The minimum absolute atomic E-state index is 0.0225. The number of rotatable bonds is 9. The first-order valence-electron chi connectivity index (χ1n) is 12.8. The Labute approximate surface area is 240 Å². The van der Waals surface area contributed by atoms with Crippen LogP contribution in [0.3, 0.4) is 0 Å². The molecule has 3 aromatic heterocycles. The lowest BCUT2D eigenvalue weighted by Crippen LogP contribution is -2.31. The Hall–Kier alpha value is -4.80. The molecule has 0 unspecified atom stereocenters. The fourth-order valence-corrected chi connectivity index (χ4v) is 5.25. The highest BCUT2D eigenvalue weighted by atomic mass is 32.1. The highest BCUT2D eigenvalue weighted by Gasteiger charge is 2.25. The highest BCUT2D eigenvalue weighted by molar-refractivity contribution is 7.12. The van der Waals surface area contributed by atoms with Gasteiger partial charge in [0.2, 0.25) is 5.88 Å². The van der Waals surface area contributed by atoms with Crippen molar-refractivity contribution in [1.29, 1.82) is 5.26 Å². The Bertz CT molecular complexity index is 1880. The molecule has 0 spiro atoms. The number of pyridine rings is 1. The molecule has 5 aromatic rings. The molecule has 2 aromatic carbocycles. The number of imidazole rings is 1. The molecule has 0 amide bonds. The summed E-state index contributed by atoms with van der Waals surface area (Å²) < 4.78 is 58.3. The monoisotopic (exact) mass is 591 g/mol. The normalized spacial score (nSPS) is 14.5. The number of hydrogen-bond acceptors (Lipinski definition) is 8. The van der Waals surface area contributed by atoms with Crippen molar-refractivity contribution in [3.63, 3.8) is 0 Å². The molecule has 6 rings (SSSR count). The molecule has 0 bridgehead atoms. The first-order valence-corrected chi connectivity index (χ1v) is 13.6. The summed E-state index contributed by atoms with van der Waals surface area (Å²) in [5.41, 5.74) is -0.0413. The van der Waals surface area contributed by atoms with Gasteiger partial charge >= 0.3 is 5.97 Å². The number of ether oxygens (including phenoxy) is 2. The van der Waals surface area contributed by atoms with E-state index in [1.165, 1.54) is 29.7 Å². The van der Waals surface area contributed by atoms with Gasteiger partial charge in [-0.2, -0.15) is 5.26 Å². The van der Waals surface area contributed by atoms with Gasteiger partial charge in [-0.05, 0) is 42.3 Å². The number of carbonyl (C=O) groups is 1. The van der Waals surface area contributed by atoms with Crippen LogP contribution in [0.4, 0.5) is 13.2 Å². The Balaban J connectivity index is 1.29. The Morgan fingerprint density at radius 1 is 1.17 bits per heavy atom. The summed E-state index contributed by atoms with van der Waals surface area (Å²) in [6.07, 6.45) is 1.82. The average molecular weight is 592 g/mol. The highest BCUT2D eigenvalue weighted by Crippen LogP contribution is 2.30. The van der Waals surface area contributed by atoms with Gasteiger partial charge < -0.3 is 19.1 Å². The van der Waals surface area contributed by atoms with Crippen LogP contribution in [0.25, 0.3) is 22.3 Å². The molecule has 1 fully saturated rings. The predicted octanol–water partition coefficient (Wildman–Crippen LogP) is 5.50. The summed E-state index contributed by atoms with van der Waals surface area (Å²) in [5.74, 6) is -3.18. The molecular formula is C29H20F3N5O4S. The lowest BCUT2D eigenvalue weighted by atomic mass is 10.0. The van der Waals surface area contributed by atoms with Crippen molar-refractivity contribution in [1.82, 2.24) is 19.5 Å². The minimum Gasteiger partial charge on any atom is -0.478 e. The molecule has 1 saturated heterocycles. The molecule has 1 N–H and O–H groups in total. The maximum atomic E-state index is 15.4. The van der Waals surface area contributed by atoms with Crippen LogP contribution >= 0.6 is 11.3 Å². The summed E-state index contributed by atoms with van der Waals surface area (Å²) in [7, 11) is 0. The number of nitrogens with zero attached hydrogens (tertiary/aromatic N) is 5. The van der Waals surface area contributed by atoms with E-state index in [-0.39, 0.29) is 70.8 Å². The van der Waals surface area contributed by atoms with E-state index in [9.17, 15) is 14.3 Å². The lowest BCUT2D eigenvalue weighted by Gasteiger charge is -2.27. The standard InChI is InChI=1S/C29H20F3N5O4S/c30-20-10-19(23-2-1-3-26(35-23)41-14-27-34-12-18(11-33)42-27)21(31)6-15(20)9-25-36-28-22(32)7-16(29(38)39)8-24(28)37(25)13-17-4-5-40-17/h1-3,6-8,10,12,17H,4-5,9,13-14H2,(H,38,39)/t17-/m0/s1. The summed E-state index contributed by atoms with van der Waals surface area (Å²) in [5, 5.41) is 18.9. The number of aromatic nitrogens is 4. The molecule has 1 atom stereocenters.